The molecule has 0 aromatic heterocycles. The summed E-state index contributed by atoms with van der Waals surface area (Å²) in [5.41, 5.74) is -0.466. The highest BCUT2D eigenvalue weighted by Crippen LogP contribution is 2.36. The van der Waals surface area contributed by atoms with Crippen molar-refractivity contribution >= 4 is 0 Å². The highest BCUT2D eigenvalue weighted by Gasteiger charge is 2.40. The van der Waals surface area contributed by atoms with Crippen LogP contribution in [0, 0.1) is 0 Å². The fraction of sp³-hybridized carbons (Fsp3) is 1.00. The molecule has 1 heterocycles. The molecular weight excluding hydrogens is 254 g/mol. The highest BCUT2D eigenvalue weighted by atomic mass is 16.7. The molecule has 2 saturated carbocycles. The van der Waals surface area contributed by atoms with Crippen molar-refractivity contribution in [3.8, 4) is 0 Å². The molecule has 1 spiro atoms. The molecule has 4 nitrogen and oxygen atoms in total. The van der Waals surface area contributed by atoms with Gasteiger partial charge in [0, 0.05) is 25.4 Å². The van der Waals surface area contributed by atoms with E-state index < -0.39 is 5.60 Å². The minimum atomic E-state index is -0.466. The maximum atomic E-state index is 10.7. The molecule has 0 bridgehead atoms. The van der Waals surface area contributed by atoms with E-state index in [1.54, 1.807) is 0 Å². The zero-order chi connectivity index (χ0) is 13.9. The average Bonchev–Trinajstić information content (AvgIpc) is 2.79. The summed E-state index contributed by atoms with van der Waals surface area (Å²) >= 11 is 0. The van der Waals surface area contributed by atoms with Gasteiger partial charge >= 0.3 is 0 Å². The lowest BCUT2D eigenvalue weighted by atomic mass is 9.88. The van der Waals surface area contributed by atoms with E-state index in [0.717, 1.165) is 58.3 Å². The number of ether oxygens (including phenoxy) is 2. The molecule has 1 aliphatic heterocycles. The van der Waals surface area contributed by atoms with Crippen LogP contribution in [0.15, 0.2) is 0 Å². The van der Waals surface area contributed by atoms with Gasteiger partial charge in [0.2, 0.25) is 0 Å². The van der Waals surface area contributed by atoms with Crippen molar-refractivity contribution in [1.82, 2.24) is 5.32 Å². The van der Waals surface area contributed by atoms with Crippen molar-refractivity contribution in [2.24, 2.45) is 0 Å². The summed E-state index contributed by atoms with van der Waals surface area (Å²) in [4.78, 5) is 0. The van der Waals surface area contributed by atoms with Gasteiger partial charge in [0.1, 0.15) is 0 Å². The van der Waals surface area contributed by atoms with Crippen LogP contribution in [0.4, 0.5) is 0 Å². The van der Waals surface area contributed by atoms with E-state index >= 15 is 0 Å². The molecule has 2 aliphatic carbocycles. The molecule has 0 radical (unpaired) electrons. The molecule has 0 aromatic rings. The van der Waals surface area contributed by atoms with Gasteiger partial charge in [0.15, 0.2) is 5.79 Å². The molecule has 0 unspecified atom stereocenters. The van der Waals surface area contributed by atoms with Crippen LogP contribution in [0.2, 0.25) is 0 Å². The van der Waals surface area contributed by atoms with Crippen molar-refractivity contribution in [1.29, 1.82) is 0 Å². The molecule has 116 valence electrons. The van der Waals surface area contributed by atoms with Gasteiger partial charge in [0.25, 0.3) is 0 Å². The van der Waals surface area contributed by atoms with E-state index in [9.17, 15) is 5.11 Å². The van der Waals surface area contributed by atoms with Gasteiger partial charge in [0.05, 0.1) is 18.8 Å². The van der Waals surface area contributed by atoms with E-state index in [1.807, 2.05) is 0 Å². The molecule has 3 rings (SSSR count). The summed E-state index contributed by atoms with van der Waals surface area (Å²) in [5.74, 6) is -0.266. The van der Waals surface area contributed by atoms with E-state index in [4.69, 9.17) is 9.47 Å². The molecular formula is C16H29NO3. The lowest BCUT2D eigenvalue weighted by Crippen LogP contribution is -2.47. The van der Waals surface area contributed by atoms with Gasteiger partial charge < -0.3 is 19.9 Å². The van der Waals surface area contributed by atoms with Gasteiger partial charge in [-0.1, -0.05) is 25.7 Å². The normalized spacial score (nSPS) is 30.4. The summed E-state index contributed by atoms with van der Waals surface area (Å²) in [7, 11) is 0. The summed E-state index contributed by atoms with van der Waals surface area (Å²) in [6, 6.07) is 0.515. The molecule has 3 aliphatic rings. The lowest BCUT2D eigenvalue weighted by Gasteiger charge is -2.37. The number of hydrogen-bond acceptors (Lipinski definition) is 4. The second kappa shape index (κ2) is 6.30. The van der Waals surface area contributed by atoms with Gasteiger partial charge in [-0.25, -0.2) is 0 Å². The summed E-state index contributed by atoms with van der Waals surface area (Å²) in [5, 5.41) is 14.3. The minimum absolute atomic E-state index is 0.266. The fourth-order valence-electron chi connectivity index (χ4n) is 3.95. The largest absolute Gasteiger partial charge is 0.389 e. The van der Waals surface area contributed by atoms with Crippen LogP contribution in [0.5, 0.6) is 0 Å². The Hall–Kier alpha value is -0.160. The monoisotopic (exact) mass is 283 g/mol. The summed E-state index contributed by atoms with van der Waals surface area (Å²) in [6.45, 7) is 2.25. The molecule has 0 amide bonds. The second-order valence-corrected chi connectivity index (χ2v) is 6.90. The highest BCUT2D eigenvalue weighted by molar-refractivity contribution is 4.89. The Kier molecular flexibility index (Phi) is 4.65. The SMILES string of the molecule is OC1(CNC2CCC3(CC2)OCCO3)CCCCCC1. The quantitative estimate of drug-likeness (QED) is 0.781. The average molecular weight is 283 g/mol. The molecule has 2 N–H and O–H groups in total. The Morgan fingerprint density at radius 1 is 0.900 bits per heavy atom. The van der Waals surface area contributed by atoms with Gasteiger partial charge in [-0.2, -0.15) is 0 Å². The van der Waals surface area contributed by atoms with E-state index in [0.29, 0.717) is 6.04 Å². The molecule has 20 heavy (non-hydrogen) atoms. The third kappa shape index (κ3) is 3.53. The number of rotatable bonds is 3. The van der Waals surface area contributed by atoms with E-state index in [-0.39, 0.29) is 5.79 Å². The molecule has 3 fully saturated rings. The molecule has 1 saturated heterocycles. The third-order valence-corrected chi connectivity index (χ3v) is 5.32. The fourth-order valence-corrected chi connectivity index (χ4v) is 3.95. The third-order valence-electron chi connectivity index (χ3n) is 5.32. The first kappa shape index (κ1) is 14.8. The van der Waals surface area contributed by atoms with Crippen molar-refractivity contribution < 1.29 is 14.6 Å². The van der Waals surface area contributed by atoms with Crippen LogP contribution in [0.1, 0.15) is 64.2 Å². The Morgan fingerprint density at radius 3 is 2.10 bits per heavy atom. The standard InChI is InChI=1S/C16H29NO3/c18-15(7-3-1-2-4-8-15)13-17-14-5-9-16(10-6-14)19-11-12-20-16/h14,17-18H,1-13H2. The Balaban J connectivity index is 1.43. The van der Waals surface area contributed by atoms with Gasteiger partial charge in [-0.3, -0.25) is 0 Å². The topological polar surface area (TPSA) is 50.7 Å². The van der Waals surface area contributed by atoms with Gasteiger partial charge in [-0.15, -0.1) is 0 Å². The molecule has 0 atom stereocenters. The van der Waals surface area contributed by atoms with Crippen molar-refractivity contribution in [3.05, 3.63) is 0 Å². The van der Waals surface area contributed by atoms with Crippen LogP contribution in [0.25, 0.3) is 0 Å². The van der Waals surface area contributed by atoms with Crippen molar-refractivity contribution in [3.63, 3.8) is 0 Å². The first-order valence-corrected chi connectivity index (χ1v) is 8.44. The Labute approximate surface area is 122 Å². The first-order chi connectivity index (χ1) is 9.70. The molecule has 0 aromatic carbocycles. The van der Waals surface area contributed by atoms with Crippen LogP contribution in [-0.2, 0) is 9.47 Å². The number of aliphatic hydroxyl groups is 1. The predicted molar refractivity (Wildman–Crippen MR) is 77.5 cm³/mol. The summed E-state index contributed by atoms with van der Waals surface area (Å²) in [6.07, 6.45) is 11.0. The summed E-state index contributed by atoms with van der Waals surface area (Å²) < 4.78 is 11.5. The first-order valence-electron chi connectivity index (χ1n) is 8.44. The maximum absolute atomic E-state index is 10.7. The smallest absolute Gasteiger partial charge is 0.168 e. The van der Waals surface area contributed by atoms with Gasteiger partial charge in [-0.05, 0) is 25.7 Å². The zero-order valence-electron chi connectivity index (χ0n) is 12.5. The van der Waals surface area contributed by atoms with Crippen molar-refractivity contribution in [2.45, 2.75) is 81.6 Å². The van der Waals surface area contributed by atoms with Crippen LogP contribution < -0.4 is 5.32 Å². The van der Waals surface area contributed by atoms with Crippen molar-refractivity contribution in [2.75, 3.05) is 19.8 Å². The number of hydrogen-bond donors (Lipinski definition) is 2. The lowest BCUT2D eigenvalue weighted by molar-refractivity contribution is -0.179. The maximum Gasteiger partial charge on any atom is 0.168 e. The number of nitrogens with one attached hydrogen (secondary N) is 1. The minimum Gasteiger partial charge on any atom is -0.389 e. The molecule has 4 heteroatoms. The van der Waals surface area contributed by atoms with E-state index in [1.165, 1.54) is 25.7 Å². The van der Waals surface area contributed by atoms with Crippen LogP contribution in [0.3, 0.4) is 0 Å². The predicted octanol–water partition coefficient (Wildman–Crippen LogP) is 2.35. The van der Waals surface area contributed by atoms with Crippen LogP contribution in [-0.4, -0.2) is 42.3 Å². The second-order valence-electron chi connectivity index (χ2n) is 6.90. The van der Waals surface area contributed by atoms with Crippen LogP contribution >= 0.6 is 0 Å². The zero-order valence-corrected chi connectivity index (χ0v) is 12.5. The Morgan fingerprint density at radius 2 is 1.50 bits per heavy atom. The Bertz CT molecular complexity index is 297. The van der Waals surface area contributed by atoms with E-state index in [2.05, 4.69) is 5.32 Å².